The molecule has 0 atom stereocenters. The Bertz CT molecular complexity index is 1090. The Morgan fingerprint density at radius 1 is 1.23 bits per heavy atom. The normalized spacial score (nSPS) is 18.6. The van der Waals surface area contributed by atoms with Gasteiger partial charge < -0.3 is 15.6 Å². The lowest BCUT2D eigenvalue weighted by Crippen LogP contribution is -2.39. The summed E-state index contributed by atoms with van der Waals surface area (Å²) >= 11 is 0. The summed E-state index contributed by atoms with van der Waals surface area (Å²) in [5, 5.41) is 1.51. The molecule has 1 saturated heterocycles. The number of hydrogen-bond acceptors (Lipinski definition) is 5. The molecule has 1 aromatic heterocycles. The summed E-state index contributed by atoms with van der Waals surface area (Å²) in [6, 6.07) is 5.93. The number of nitrogens with one attached hydrogen (secondary N) is 1. The van der Waals surface area contributed by atoms with Crippen LogP contribution in [-0.2, 0) is 0 Å². The maximum Gasteiger partial charge on any atom is 0.253 e. The predicted molar refractivity (Wildman–Crippen MR) is 122 cm³/mol. The van der Waals surface area contributed by atoms with Crippen molar-refractivity contribution in [3.05, 3.63) is 76.7 Å². The molecule has 1 aromatic carbocycles. The lowest BCUT2D eigenvalue weighted by atomic mass is 9.87. The van der Waals surface area contributed by atoms with Crippen LogP contribution in [0.1, 0.15) is 40.3 Å². The first-order valence-corrected chi connectivity index (χ1v) is 10.7. The number of imidazole rings is 1. The Labute approximate surface area is 183 Å². The molecule has 162 valence electrons. The molecule has 0 radical (unpaired) electrons. The number of rotatable bonds is 3. The van der Waals surface area contributed by atoms with Gasteiger partial charge in [-0.3, -0.25) is 9.80 Å². The van der Waals surface area contributed by atoms with Crippen molar-refractivity contribution in [3.63, 3.8) is 0 Å². The first-order valence-electron chi connectivity index (χ1n) is 10.7. The number of hydrogen-bond donors (Lipinski definition) is 3. The van der Waals surface area contributed by atoms with Crippen molar-refractivity contribution in [3.8, 4) is 11.3 Å². The van der Waals surface area contributed by atoms with Gasteiger partial charge in [-0.15, -0.1) is 0 Å². The van der Waals surface area contributed by atoms with E-state index in [2.05, 4.69) is 16.9 Å². The Balaban J connectivity index is 1.48. The van der Waals surface area contributed by atoms with Crippen LogP contribution < -0.4 is 11.6 Å². The van der Waals surface area contributed by atoms with Crippen molar-refractivity contribution < 1.29 is 4.79 Å². The van der Waals surface area contributed by atoms with Gasteiger partial charge in [0.2, 0.25) is 0 Å². The van der Waals surface area contributed by atoms with Crippen molar-refractivity contribution in [1.29, 1.82) is 0 Å². The SMILES string of the molecule is Cc1nc(C)c(-c2cc(C(=O)N3CCC(C4=C/C(=C/N)N(N)C=C4)CC3)ccc2C)[nH]1. The number of hydrazine groups is 1. The molecule has 2 aromatic rings. The molecule has 2 aliphatic rings. The number of H-pyrrole nitrogens is 1. The van der Waals surface area contributed by atoms with Crippen LogP contribution in [0.2, 0.25) is 0 Å². The van der Waals surface area contributed by atoms with Crippen LogP contribution in [0, 0.1) is 26.7 Å². The first kappa shape index (κ1) is 20.9. The number of amides is 1. The molecule has 2 aliphatic heterocycles. The monoisotopic (exact) mass is 418 g/mol. The van der Waals surface area contributed by atoms with Gasteiger partial charge in [-0.25, -0.2) is 10.8 Å². The fourth-order valence-electron chi connectivity index (χ4n) is 4.43. The van der Waals surface area contributed by atoms with Crippen LogP contribution in [0.25, 0.3) is 11.3 Å². The number of aryl methyl sites for hydroxylation is 3. The van der Waals surface area contributed by atoms with Gasteiger partial charge in [0.05, 0.1) is 17.1 Å². The summed E-state index contributed by atoms with van der Waals surface area (Å²) in [6.07, 6.45) is 9.25. The molecule has 3 heterocycles. The molecule has 0 spiro atoms. The van der Waals surface area contributed by atoms with Crippen LogP contribution in [0.4, 0.5) is 0 Å². The highest BCUT2D eigenvalue weighted by Gasteiger charge is 2.26. The van der Waals surface area contributed by atoms with Gasteiger partial charge in [0, 0.05) is 36.6 Å². The molecule has 7 heteroatoms. The number of likely N-dealkylation sites (tertiary alicyclic amines) is 1. The Kier molecular flexibility index (Phi) is 5.69. The Morgan fingerprint density at radius 3 is 2.61 bits per heavy atom. The number of aromatic amines is 1. The third-order valence-electron chi connectivity index (χ3n) is 6.22. The van der Waals surface area contributed by atoms with Gasteiger partial charge in [0.1, 0.15) is 5.82 Å². The molecule has 0 bridgehead atoms. The number of piperidine rings is 1. The van der Waals surface area contributed by atoms with E-state index in [1.54, 1.807) is 0 Å². The van der Waals surface area contributed by atoms with Gasteiger partial charge in [-0.1, -0.05) is 6.07 Å². The van der Waals surface area contributed by atoms with E-state index in [0.29, 0.717) is 5.92 Å². The zero-order valence-electron chi connectivity index (χ0n) is 18.4. The first-order chi connectivity index (χ1) is 14.9. The molecule has 1 fully saturated rings. The summed E-state index contributed by atoms with van der Waals surface area (Å²) in [6.45, 7) is 7.45. The number of allylic oxidation sites excluding steroid dienone is 3. The molecule has 0 saturated carbocycles. The molecule has 0 aliphatic carbocycles. The van der Waals surface area contributed by atoms with E-state index in [9.17, 15) is 4.79 Å². The third-order valence-corrected chi connectivity index (χ3v) is 6.22. The predicted octanol–water partition coefficient (Wildman–Crippen LogP) is 3.28. The van der Waals surface area contributed by atoms with Gasteiger partial charge in [0.25, 0.3) is 5.91 Å². The van der Waals surface area contributed by atoms with E-state index in [-0.39, 0.29) is 5.91 Å². The zero-order valence-corrected chi connectivity index (χ0v) is 18.4. The second-order valence-electron chi connectivity index (χ2n) is 8.34. The minimum Gasteiger partial charge on any atom is -0.403 e. The lowest BCUT2D eigenvalue weighted by molar-refractivity contribution is 0.0703. The smallest absolute Gasteiger partial charge is 0.253 e. The maximum atomic E-state index is 13.2. The van der Waals surface area contributed by atoms with Gasteiger partial charge in [-0.2, -0.15) is 0 Å². The van der Waals surface area contributed by atoms with Gasteiger partial charge in [-0.05, 0) is 75.0 Å². The summed E-state index contributed by atoms with van der Waals surface area (Å²) in [7, 11) is 0. The average Bonchev–Trinajstić information content (AvgIpc) is 3.11. The van der Waals surface area contributed by atoms with Crippen LogP contribution in [-0.4, -0.2) is 38.9 Å². The largest absolute Gasteiger partial charge is 0.403 e. The minimum atomic E-state index is 0.0810. The number of nitrogens with two attached hydrogens (primary N) is 2. The highest BCUT2D eigenvalue weighted by molar-refractivity contribution is 5.95. The van der Waals surface area contributed by atoms with Crippen molar-refractivity contribution in [1.82, 2.24) is 19.9 Å². The Hall–Kier alpha value is -3.32. The number of nitrogens with zero attached hydrogens (tertiary/aromatic N) is 3. The molecular weight excluding hydrogens is 388 g/mol. The number of aromatic nitrogens is 2. The highest BCUT2D eigenvalue weighted by atomic mass is 16.2. The summed E-state index contributed by atoms with van der Waals surface area (Å²) in [5.41, 5.74) is 12.5. The van der Waals surface area contributed by atoms with Gasteiger partial charge >= 0.3 is 0 Å². The number of carbonyl (C=O) groups excluding carboxylic acids is 1. The van der Waals surface area contributed by atoms with E-state index >= 15 is 0 Å². The van der Waals surface area contributed by atoms with Crippen molar-refractivity contribution >= 4 is 5.91 Å². The number of carbonyl (C=O) groups is 1. The fourth-order valence-corrected chi connectivity index (χ4v) is 4.43. The highest BCUT2D eigenvalue weighted by Crippen LogP contribution is 2.31. The van der Waals surface area contributed by atoms with Crippen molar-refractivity contribution in [2.75, 3.05) is 13.1 Å². The number of benzene rings is 1. The topological polar surface area (TPSA) is 104 Å². The van der Waals surface area contributed by atoms with Gasteiger partial charge in [0.15, 0.2) is 0 Å². The summed E-state index contributed by atoms with van der Waals surface area (Å²) in [4.78, 5) is 23.0. The standard InChI is InChI=1S/C24H30N6O/c1-15-4-5-20(13-22(15)23-16(2)27-17(3)28-23)24(31)29-9-6-18(7-10-29)19-8-11-30(26)21(12-19)14-25/h4-5,8,11-14,18H,6-7,9-10,25-26H2,1-3H3,(H,27,28)/b21-14-. The van der Waals surface area contributed by atoms with E-state index in [4.69, 9.17) is 11.6 Å². The maximum absolute atomic E-state index is 13.2. The van der Waals surface area contributed by atoms with E-state index < -0.39 is 0 Å². The lowest BCUT2D eigenvalue weighted by Gasteiger charge is -2.34. The minimum absolute atomic E-state index is 0.0810. The Morgan fingerprint density at radius 2 is 1.97 bits per heavy atom. The molecule has 4 rings (SSSR count). The average molecular weight is 419 g/mol. The van der Waals surface area contributed by atoms with Crippen molar-refractivity contribution in [2.45, 2.75) is 33.6 Å². The summed E-state index contributed by atoms with van der Waals surface area (Å²) in [5.74, 6) is 7.23. The van der Waals surface area contributed by atoms with Crippen LogP contribution in [0.15, 0.2) is 54.0 Å². The molecule has 0 unspecified atom stereocenters. The molecule has 5 N–H and O–H groups in total. The zero-order chi connectivity index (χ0) is 22.1. The van der Waals surface area contributed by atoms with E-state index in [1.165, 1.54) is 16.8 Å². The molecular formula is C24H30N6O. The van der Waals surface area contributed by atoms with Crippen LogP contribution in [0.3, 0.4) is 0 Å². The molecule has 1 amide bonds. The van der Waals surface area contributed by atoms with Crippen molar-refractivity contribution in [2.24, 2.45) is 17.5 Å². The third kappa shape index (κ3) is 4.14. The van der Waals surface area contributed by atoms with Crippen LogP contribution >= 0.6 is 0 Å². The van der Waals surface area contributed by atoms with E-state index in [0.717, 1.165) is 65.5 Å². The quantitative estimate of drug-likeness (QED) is 0.664. The molecule has 7 nitrogen and oxygen atoms in total. The second-order valence-corrected chi connectivity index (χ2v) is 8.34. The van der Waals surface area contributed by atoms with Crippen LogP contribution in [0.5, 0.6) is 0 Å². The summed E-state index contributed by atoms with van der Waals surface area (Å²) < 4.78 is 0. The second kappa shape index (κ2) is 8.43. The molecule has 31 heavy (non-hydrogen) atoms. The van der Waals surface area contributed by atoms with E-state index in [1.807, 2.05) is 55.3 Å². The fraction of sp³-hybridized carbons (Fsp3) is 0.333.